The van der Waals surface area contributed by atoms with Gasteiger partial charge in [-0.2, -0.15) is 0 Å². The number of halogens is 1. The van der Waals surface area contributed by atoms with Crippen molar-refractivity contribution >= 4 is 34.5 Å². The molecule has 0 radical (unpaired) electrons. The van der Waals surface area contributed by atoms with Crippen LogP contribution in [0.2, 0.25) is 0 Å². The van der Waals surface area contributed by atoms with Crippen LogP contribution >= 0.6 is 28.6 Å². The van der Waals surface area contributed by atoms with Gasteiger partial charge in [0.1, 0.15) is 0 Å². The summed E-state index contributed by atoms with van der Waals surface area (Å²) in [5.41, 5.74) is 0.697. The molecule has 1 aromatic rings. The molecule has 0 unspecified atom stereocenters. The summed E-state index contributed by atoms with van der Waals surface area (Å²) in [5.74, 6) is 0.801. The third-order valence-electron chi connectivity index (χ3n) is 3.56. The Morgan fingerprint density at radius 1 is 1.50 bits per heavy atom. The third-order valence-corrected chi connectivity index (χ3v) is 4.43. The van der Waals surface area contributed by atoms with Crippen molar-refractivity contribution in [2.24, 2.45) is 5.92 Å². The lowest BCUT2D eigenvalue weighted by Gasteiger charge is -2.32. The summed E-state index contributed by atoms with van der Waals surface area (Å²) in [4.78, 5) is 15.1. The maximum Gasteiger partial charge on any atom is 0.254 e. The van der Waals surface area contributed by atoms with Crippen LogP contribution in [-0.2, 0) is 0 Å². The molecule has 1 aliphatic rings. The Bertz CT molecular complexity index is 445. The number of carbonyl (C=O) groups excluding carboxylic acids is 1. The molecule has 1 saturated carbocycles. The first-order valence-electron chi connectivity index (χ1n) is 6.39. The summed E-state index contributed by atoms with van der Waals surface area (Å²) >= 11 is 7.78. The predicted octanol–water partition coefficient (Wildman–Crippen LogP) is 4.00. The number of hydrogen-bond donors (Lipinski definition) is 1. The molecule has 98 valence electrons. The summed E-state index contributed by atoms with van der Waals surface area (Å²) in [5, 5.41) is 0. The Morgan fingerprint density at radius 3 is 2.72 bits per heavy atom. The second kappa shape index (κ2) is 6.11. The minimum absolute atomic E-state index is 0.0990. The highest BCUT2D eigenvalue weighted by Gasteiger charge is 2.24. The van der Waals surface area contributed by atoms with Crippen LogP contribution in [0.1, 0.15) is 36.5 Å². The van der Waals surface area contributed by atoms with Gasteiger partial charge in [-0.15, -0.1) is 12.6 Å². The molecule has 0 bridgehead atoms. The molecule has 0 atom stereocenters. The second-order valence-electron chi connectivity index (χ2n) is 4.80. The van der Waals surface area contributed by atoms with Gasteiger partial charge in [0.25, 0.3) is 5.91 Å². The highest BCUT2D eigenvalue weighted by Crippen LogP contribution is 2.28. The van der Waals surface area contributed by atoms with Crippen molar-refractivity contribution in [1.82, 2.24) is 4.90 Å². The quantitative estimate of drug-likeness (QED) is 0.829. The molecular formula is C14H18BrNOS. The first kappa shape index (κ1) is 13.9. The Morgan fingerprint density at radius 2 is 2.22 bits per heavy atom. The van der Waals surface area contributed by atoms with Gasteiger partial charge >= 0.3 is 0 Å². The van der Waals surface area contributed by atoms with Crippen LogP contribution in [0.15, 0.2) is 27.6 Å². The standard InChI is InChI=1S/C14H18BrNOS/c1-2-16(9-10-4-3-5-10)14(17)12-7-6-11(15)8-13(12)18/h6-8,10,18H,2-5,9H2,1H3. The first-order chi connectivity index (χ1) is 8.61. The fraction of sp³-hybridized carbons (Fsp3) is 0.500. The SMILES string of the molecule is CCN(CC1CCC1)C(=O)c1ccc(Br)cc1S. The lowest BCUT2D eigenvalue weighted by Crippen LogP contribution is -2.37. The van der Waals surface area contributed by atoms with Gasteiger partial charge in [-0.3, -0.25) is 4.79 Å². The second-order valence-corrected chi connectivity index (χ2v) is 6.20. The molecule has 2 rings (SSSR count). The van der Waals surface area contributed by atoms with Gasteiger partial charge in [0, 0.05) is 22.5 Å². The normalized spacial score (nSPS) is 15.3. The van der Waals surface area contributed by atoms with Gasteiger partial charge in [-0.25, -0.2) is 0 Å². The van der Waals surface area contributed by atoms with E-state index in [0.29, 0.717) is 11.5 Å². The van der Waals surface area contributed by atoms with Crippen LogP contribution in [0.25, 0.3) is 0 Å². The molecular weight excluding hydrogens is 310 g/mol. The van der Waals surface area contributed by atoms with Crippen LogP contribution < -0.4 is 0 Å². The van der Waals surface area contributed by atoms with Gasteiger partial charge in [0.15, 0.2) is 0 Å². The monoisotopic (exact) mass is 327 g/mol. The van der Waals surface area contributed by atoms with E-state index in [4.69, 9.17) is 0 Å². The lowest BCUT2D eigenvalue weighted by molar-refractivity contribution is 0.0703. The molecule has 0 heterocycles. The molecule has 0 spiro atoms. The molecule has 18 heavy (non-hydrogen) atoms. The molecule has 1 fully saturated rings. The minimum Gasteiger partial charge on any atom is -0.339 e. The zero-order chi connectivity index (χ0) is 13.1. The van der Waals surface area contributed by atoms with Gasteiger partial charge in [-0.1, -0.05) is 22.4 Å². The van der Waals surface area contributed by atoms with Crippen LogP contribution in [0.3, 0.4) is 0 Å². The van der Waals surface area contributed by atoms with Crippen molar-refractivity contribution < 1.29 is 4.79 Å². The van der Waals surface area contributed by atoms with E-state index < -0.39 is 0 Å². The Labute approximate surface area is 122 Å². The van der Waals surface area contributed by atoms with E-state index in [2.05, 4.69) is 28.6 Å². The van der Waals surface area contributed by atoms with E-state index in [9.17, 15) is 4.79 Å². The van der Waals surface area contributed by atoms with E-state index in [-0.39, 0.29) is 5.91 Å². The summed E-state index contributed by atoms with van der Waals surface area (Å²) < 4.78 is 0.950. The molecule has 2 nitrogen and oxygen atoms in total. The highest BCUT2D eigenvalue weighted by molar-refractivity contribution is 9.10. The molecule has 1 aliphatic carbocycles. The molecule has 1 amide bonds. The van der Waals surface area contributed by atoms with E-state index in [1.807, 2.05) is 30.0 Å². The molecule has 0 aliphatic heterocycles. The Balaban J connectivity index is 2.11. The van der Waals surface area contributed by atoms with Crippen LogP contribution in [0.4, 0.5) is 0 Å². The van der Waals surface area contributed by atoms with E-state index >= 15 is 0 Å². The zero-order valence-electron chi connectivity index (χ0n) is 10.5. The number of hydrogen-bond acceptors (Lipinski definition) is 2. The molecule has 0 N–H and O–H groups in total. The number of thiol groups is 1. The average molecular weight is 328 g/mol. The van der Waals surface area contributed by atoms with Crippen molar-refractivity contribution in [3.8, 4) is 0 Å². The smallest absolute Gasteiger partial charge is 0.254 e. The van der Waals surface area contributed by atoms with Gasteiger partial charge in [0.05, 0.1) is 5.56 Å². The van der Waals surface area contributed by atoms with Crippen LogP contribution in [0.5, 0.6) is 0 Å². The van der Waals surface area contributed by atoms with E-state index in [1.165, 1.54) is 19.3 Å². The topological polar surface area (TPSA) is 20.3 Å². The summed E-state index contributed by atoms with van der Waals surface area (Å²) in [7, 11) is 0. The average Bonchev–Trinajstić information content (AvgIpc) is 2.27. The first-order valence-corrected chi connectivity index (χ1v) is 7.63. The van der Waals surface area contributed by atoms with Crippen molar-refractivity contribution in [2.45, 2.75) is 31.1 Å². The molecule has 4 heteroatoms. The van der Waals surface area contributed by atoms with Gasteiger partial charge < -0.3 is 4.90 Å². The van der Waals surface area contributed by atoms with Crippen molar-refractivity contribution in [1.29, 1.82) is 0 Å². The number of nitrogens with zero attached hydrogens (tertiary/aromatic N) is 1. The van der Waals surface area contributed by atoms with Gasteiger partial charge in [0.2, 0.25) is 0 Å². The summed E-state index contributed by atoms with van der Waals surface area (Å²) in [6.45, 7) is 3.69. The van der Waals surface area contributed by atoms with E-state index in [0.717, 1.165) is 22.5 Å². The van der Waals surface area contributed by atoms with Crippen LogP contribution in [0, 0.1) is 5.92 Å². The lowest BCUT2D eigenvalue weighted by atomic mass is 9.85. The fourth-order valence-electron chi connectivity index (χ4n) is 2.20. The molecule has 1 aromatic carbocycles. The number of benzene rings is 1. The van der Waals surface area contributed by atoms with E-state index in [1.54, 1.807) is 0 Å². The molecule has 0 saturated heterocycles. The maximum atomic E-state index is 12.4. The highest BCUT2D eigenvalue weighted by atomic mass is 79.9. The summed E-state index contributed by atoms with van der Waals surface area (Å²) in [6.07, 6.45) is 3.84. The predicted molar refractivity (Wildman–Crippen MR) is 80.3 cm³/mol. The number of carbonyl (C=O) groups is 1. The summed E-state index contributed by atoms with van der Waals surface area (Å²) in [6, 6.07) is 5.61. The van der Waals surface area contributed by atoms with Crippen LogP contribution in [-0.4, -0.2) is 23.9 Å². The largest absolute Gasteiger partial charge is 0.339 e. The zero-order valence-corrected chi connectivity index (χ0v) is 13.0. The number of amides is 1. The fourth-order valence-corrected chi connectivity index (χ4v) is 3.05. The van der Waals surface area contributed by atoms with Crippen molar-refractivity contribution in [2.75, 3.05) is 13.1 Å². The third kappa shape index (κ3) is 3.09. The Hall–Kier alpha value is -0.480. The van der Waals surface area contributed by atoms with Crippen molar-refractivity contribution in [3.05, 3.63) is 28.2 Å². The maximum absolute atomic E-state index is 12.4. The molecule has 0 aromatic heterocycles. The van der Waals surface area contributed by atoms with Crippen molar-refractivity contribution in [3.63, 3.8) is 0 Å². The Kier molecular flexibility index (Phi) is 4.73. The number of rotatable bonds is 4. The minimum atomic E-state index is 0.0990. The van der Waals surface area contributed by atoms with Gasteiger partial charge in [-0.05, 0) is 43.9 Å².